The molecule has 0 aliphatic heterocycles. The van der Waals surface area contributed by atoms with Crippen LogP contribution >= 0.6 is 0 Å². The van der Waals surface area contributed by atoms with E-state index in [1.165, 1.54) is 10.8 Å². The smallest absolute Gasteiger partial charge is 0.146 e. The Hall–Kier alpha value is -3.75. The Balaban J connectivity index is 0.00000206. The quantitative estimate of drug-likeness (QED) is 0.230. The molecule has 0 aliphatic rings. The molecule has 0 aliphatic carbocycles. The van der Waals surface area contributed by atoms with Crippen LogP contribution in [0.1, 0.15) is 0 Å². The first-order chi connectivity index (χ1) is 15.8. The van der Waals surface area contributed by atoms with Crippen LogP contribution in [0.4, 0.5) is 0 Å². The summed E-state index contributed by atoms with van der Waals surface area (Å²) >= 11 is 0. The minimum atomic E-state index is 0. The van der Waals surface area contributed by atoms with Crippen molar-refractivity contribution in [3.8, 4) is 28.1 Å². The minimum Gasteiger partial charge on any atom is -0.515 e. The van der Waals surface area contributed by atoms with E-state index in [1.807, 2.05) is 54.7 Å². The molecule has 5 heteroatoms. The van der Waals surface area contributed by atoms with Crippen LogP contribution in [0.2, 0.25) is 0 Å². The number of benzene rings is 3. The molecule has 4 heterocycles. The van der Waals surface area contributed by atoms with E-state index < -0.39 is 0 Å². The van der Waals surface area contributed by atoms with Gasteiger partial charge in [-0.1, -0.05) is 54.1 Å². The zero-order valence-corrected chi connectivity index (χ0v) is 19.5. The second kappa shape index (κ2) is 7.40. The van der Waals surface area contributed by atoms with Crippen molar-refractivity contribution in [3.63, 3.8) is 0 Å². The Kier molecular flexibility index (Phi) is 4.46. The zero-order chi connectivity index (χ0) is 21.2. The van der Waals surface area contributed by atoms with Crippen LogP contribution in [0.15, 0.2) is 91.1 Å². The maximum absolute atomic E-state index is 10.3. The molecule has 160 valence electrons. The van der Waals surface area contributed by atoms with E-state index in [0.717, 1.165) is 50.0 Å². The van der Waals surface area contributed by atoms with Crippen LogP contribution in [0.25, 0.3) is 60.7 Å². The summed E-state index contributed by atoms with van der Waals surface area (Å²) in [6.07, 6.45) is 1.83. The SMILES string of the molecule is Oc1ccccc1-c1[c-]c(-c2ccc3c4cccc5c6cccnc6n(c3n2)c54)ccc1.[Pt]. The van der Waals surface area contributed by atoms with Gasteiger partial charge in [-0.3, -0.25) is 9.38 Å². The molecule has 33 heavy (non-hydrogen) atoms. The standard InChI is InChI=1S/C28H16N3O.Pt/c32-25-12-2-1-8-19(25)17-6-3-7-18(16-17)24-14-13-23-21-10-4-9-20-22-11-5-15-29-27(22)31(26(20)21)28(23)30-24;/h1-15,32H;/q-1;. The number of nitrogens with zero attached hydrogens (tertiary/aromatic N) is 3. The van der Waals surface area contributed by atoms with Gasteiger partial charge in [0.1, 0.15) is 11.3 Å². The fourth-order valence-corrected chi connectivity index (χ4v) is 4.77. The summed E-state index contributed by atoms with van der Waals surface area (Å²) in [5.74, 6) is 0.241. The monoisotopic (exact) mass is 605 g/mol. The summed E-state index contributed by atoms with van der Waals surface area (Å²) in [6, 6.07) is 31.3. The minimum absolute atomic E-state index is 0. The molecule has 0 bridgehead atoms. The molecular weight excluding hydrogens is 589 g/mol. The number of aromatic nitrogens is 3. The van der Waals surface area contributed by atoms with E-state index in [9.17, 15) is 5.11 Å². The Labute approximate surface area is 203 Å². The molecule has 3 aromatic carbocycles. The molecule has 7 aromatic rings. The van der Waals surface area contributed by atoms with Gasteiger partial charge in [0.05, 0.1) is 11.3 Å². The summed E-state index contributed by atoms with van der Waals surface area (Å²) in [6.45, 7) is 0. The summed E-state index contributed by atoms with van der Waals surface area (Å²) in [7, 11) is 0. The Morgan fingerprint density at radius 2 is 1.39 bits per heavy atom. The predicted molar refractivity (Wildman–Crippen MR) is 128 cm³/mol. The number of rotatable bonds is 2. The molecule has 0 atom stereocenters. The normalized spacial score (nSPS) is 11.5. The molecule has 0 unspecified atom stereocenters. The first kappa shape index (κ1) is 19.9. The van der Waals surface area contributed by atoms with Crippen molar-refractivity contribution in [2.75, 3.05) is 0 Å². The molecule has 4 nitrogen and oxygen atoms in total. The molecule has 0 fully saturated rings. The van der Waals surface area contributed by atoms with E-state index in [-0.39, 0.29) is 26.8 Å². The van der Waals surface area contributed by atoms with Crippen LogP contribution in [-0.4, -0.2) is 19.5 Å². The van der Waals surface area contributed by atoms with Crippen molar-refractivity contribution in [2.24, 2.45) is 0 Å². The van der Waals surface area contributed by atoms with E-state index >= 15 is 0 Å². The number of hydrogen-bond acceptors (Lipinski definition) is 3. The largest absolute Gasteiger partial charge is 0.515 e. The molecule has 4 aromatic heterocycles. The fourth-order valence-electron chi connectivity index (χ4n) is 4.77. The third-order valence-corrected chi connectivity index (χ3v) is 6.19. The number of hydrogen-bond donors (Lipinski definition) is 1. The number of fused-ring (bicyclic) bond motifs is 6. The third kappa shape index (κ3) is 2.81. The summed E-state index contributed by atoms with van der Waals surface area (Å²) in [5.41, 5.74) is 6.28. The van der Waals surface area contributed by atoms with Gasteiger partial charge in [-0.15, -0.1) is 29.8 Å². The summed E-state index contributed by atoms with van der Waals surface area (Å²) < 4.78 is 2.17. The van der Waals surface area contributed by atoms with E-state index in [2.05, 4.69) is 45.8 Å². The number of phenolic OH excluding ortho intramolecular Hbond substituents is 1. The summed E-state index contributed by atoms with van der Waals surface area (Å²) in [4.78, 5) is 9.75. The predicted octanol–water partition coefficient (Wildman–Crippen LogP) is 6.46. The second-order valence-corrected chi connectivity index (χ2v) is 7.97. The van der Waals surface area contributed by atoms with Crippen molar-refractivity contribution < 1.29 is 26.2 Å². The first-order valence-corrected chi connectivity index (χ1v) is 10.5. The number of phenols is 1. The van der Waals surface area contributed by atoms with Gasteiger partial charge in [0, 0.05) is 54.5 Å². The Morgan fingerprint density at radius 1 is 0.667 bits per heavy atom. The van der Waals surface area contributed by atoms with Gasteiger partial charge in [0.2, 0.25) is 0 Å². The molecule has 1 N–H and O–H groups in total. The topological polar surface area (TPSA) is 50.4 Å². The number of pyridine rings is 2. The van der Waals surface area contributed by atoms with Crippen molar-refractivity contribution >= 4 is 38.4 Å². The van der Waals surface area contributed by atoms with Crippen LogP contribution in [-0.2, 0) is 21.1 Å². The van der Waals surface area contributed by atoms with Crippen LogP contribution in [0.3, 0.4) is 0 Å². The van der Waals surface area contributed by atoms with Crippen molar-refractivity contribution in [1.29, 1.82) is 0 Å². The second-order valence-electron chi connectivity index (χ2n) is 7.97. The molecule has 7 rings (SSSR count). The number of aromatic hydroxyl groups is 1. The zero-order valence-electron chi connectivity index (χ0n) is 17.3. The van der Waals surface area contributed by atoms with Gasteiger partial charge in [0.15, 0.2) is 0 Å². The first-order valence-electron chi connectivity index (χ1n) is 10.5. The maximum atomic E-state index is 10.3. The average Bonchev–Trinajstić information content (AvgIpc) is 3.36. The van der Waals surface area contributed by atoms with E-state index in [4.69, 9.17) is 4.98 Å². The van der Waals surface area contributed by atoms with Crippen LogP contribution in [0, 0.1) is 6.07 Å². The fraction of sp³-hybridized carbons (Fsp3) is 0. The molecule has 0 amide bonds. The molecule has 0 radical (unpaired) electrons. The van der Waals surface area contributed by atoms with Gasteiger partial charge in [0.25, 0.3) is 0 Å². The summed E-state index contributed by atoms with van der Waals surface area (Å²) in [5, 5.41) is 14.9. The van der Waals surface area contributed by atoms with Gasteiger partial charge in [-0.2, -0.15) is 0 Å². The van der Waals surface area contributed by atoms with Crippen molar-refractivity contribution in [3.05, 3.63) is 97.2 Å². The average molecular weight is 606 g/mol. The molecule has 0 saturated carbocycles. The Morgan fingerprint density at radius 3 is 2.24 bits per heavy atom. The van der Waals surface area contributed by atoms with E-state index in [0.29, 0.717) is 0 Å². The van der Waals surface area contributed by atoms with E-state index in [1.54, 1.807) is 6.07 Å². The van der Waals surface area contributed by atoms with Crippen molar-refractivity contribution in [1.82, 2.24) is 14.4 Å². The third-order valence-electron chi connectivity index (χ3n) is 6.19. The molecule has 0 spiro atoms. The van der Waals surface area contributed by atoms with Gasteiger partial charge < -0.3 is 5.11 Å². The number of para-hydroxylation sites is 2. The molecular formula is C28H16N3OPt-. The van der Waals surface area contributed by atoms with Gasteiger partial charge in [-0.05, 0) is 23.8 Å². The van der Waals surface area contributed by atoms with Gasteiger partial charge in [-0.25, -0.2) is 4.98 Å². The van der Waals surface area contributed by atoms with Crippen LogP contribution < -0.4 is 0 Å². The molecule has 0 saturated heterocycles. The van der Waals surface area contributed by atoms with Crippen LogP contribution in [0.5, 0.6) is 5.75 Å². The maximum Gasteiger partial charge on any atom is 0.146 e. The van der Waals surface area contributed by atoms with Crippen molar-refractivity contribution in [2.45, 2.75) is 0 Å². The Bertz CT molecular complexity index is 1800. The van der Waals surface area contributed by atoms with Gasteiger partial charge >= 0.3 is 0 Å².